The first-order valence-electron chi connectivity index (χ1n) is 11.7. The fourth-order valence-corrected chi connectivity index (χ4v) is 6.56. The van der Waals surface area contributed by atoms with Crippen molar-refractivity contribution < 1.29 is 21.6 Å². The van der Waals surface area contributed by atoms with Crippen LogP contribution in [-0.4, -0.2) is 22.7 Å². The van der Waals surface area contributed by atoms with Crippen LogP contribution in [0.4, 0.5) is 17.1 Å². The SMILES string of the molecule is Cc1cc(C)cc(NS(=O)(=O)c2cc(C(=O)Nc3ccc(S(=O)(=O)Nc4ccc(Br)cc4)cc3)ccc2C)c1. The minimum Gasteiger partial charge on any atom is -0.322 e. The highest BCUT2D eigenvalue weighted by molar-refractivity contribution is 9.10. The molecular formula is C28H26BrN3O5S2. The molecule has 4 aromatic carbocycles. The molecule has 202 valence electrons. The summed E-state index contributed by atoms with van der Waals surface area (Å²) in [6.45, 7) is 5.41. The summed E-state index contributed by atoms with van der Waals surface area (Å²) in [5.74, 6) is -0.540. The van der Waals surface area contributed by atoms with Crippen molar-refractivity contribution in [2.45, 2.75) is 30.6 Å². The number of rotatable bonds is 8. The first-order chi connectivity index (χ1) is 18.3. The highest BCUT2D eigenvalue weighted by Gasteiger charge is 2.20. The van der Waals surface area contributed by atoms with Crippen LogP contribution in [0.25, 0.3) is 0 Å². The molecule has 0 spiro atoms. The lowest BCUT2D eigenvalue weighted by molar-refractivity contribution is 0.102. The smallest absolute Gasteiger partial charge is 0.262 e. The molecule has 0 heterocycles. The fraction of sp³-hybridized carbons (Fsp3) is 0.107. The van der Waals surface area contributed by atoms with Crippen LogP contribution in [0.3, 0.4) is 0 Å². The van der Waals surface area contributed by atoms with Crippen molar-refractivity contribution in [3.8, 4) is 0 Å². The second kappa shape index (κ2) is 11.2. The second-order valence-corrected chi connectivity index (χ2v) is 13.3. The Kier molecular flexibility index (Phi) is 8.15. The largest absolute Gasteiger partial charge is 0.322 e. The van der Waals surface area contributed by atoms with E-state index in [1.807, 2.05) is 19.9 Å². The van der Waals surface area contributed by atoms with Gasteiger partial charge in [0, 0.05) is 27.1 Å². The Balaban J connectivity index is 1.50. The van der Waals surface area contributed by atoms with Gasteiger partial charge in [0.05, 0.1) is 9.79 Å². The molecule has 11 heteroatoms. The van der Waals surface area contributed by atoms with E-state index in [0.717, 1.165) is 15.6 Å². The van der Waals surface area contributed by atoms with Gasteiger partial charge in [0.2, 0.25) is 0 Å². The molecule has 4 aromatic rings. The minimum atomic E-state index is -3.96. The number of carbonyl (C=O) groups excluding carboxylic acids is 1. The van der Waals surface area contributed by atoms with Crippen LogP contribution in [0.5, 0.6) is 0 Å². The molecule has 1 amide bonds. The van der Waals surface area contributed by atoms with Crippen molar-refractivity contribution >= 4 is 58.9 Å². The lowest BCUT2D eigenvalue weighted by atomic mass is 10.1. The van der Waals surface area contributed by atoms with Gasteiger partial charge in [0.15, 0.2) is 0 Å². The molecule has 0 unspecified atom stereocenters. The first-order valence-corrected chi connectivity index (χ1v) is 15.5. The van der Waals surface area contributed by atoms with Crippen LogP contribution in [0, 0.1) is 20.8 Å². The van der Waals surface area contributed by atoms with Crippen LogP contribution in [0.1, 0.15) is 27.0 Å². The van der Waals surface area contributed by atoms with Gasteiger partial charge in [-0.25, -0.2) is 16.8 Å². The molecule has 0 radical (unpaired) electrons. The number of hydrogen-bond donors (Lipinski definition) is 3. The Morgan fingerprint density at radius 3 is 1.82 bits per heavy atom. The molecule has 0 fully saturated rings. The van der Waals surface area contributed by atoms with Gasteiger partial charge in [-0.2, -0.15) is 0 Å². The van der Waals surface area contributed by atoms with Crippen molar-refractivity contribution in [3.63, 3.8) is 0 Å². The lowest BCUT2D eigenvalue weighted by Gasteiger charge is -2.13. The molecular weight excluding hydrogens is 602 g/mol. The van der Waals surface area contributed by atoms with E-state index in [9.17, 15) is 21.6 Å². The molecule has 0 saturated carbocycles. The zero-order valence-electron chi connectivity index (χ0n) is 21.3. The Hall–Kier alpha value is -3.67. The number of nitrogens with one attached hydrogen (secondary N) is 3. The van der Waals surface area contributed by atoms with E-state index in [0.29, 0.717) is 22.6 Å². The van der Waals surface area contributed by atoms with Crippen LogP contribution < -0.4 is 14.8 Å². The van der Waals surface area contributed by atoms with Crippen LogP contribution in [0.15, 0.2) is 99.2 Å². The molecule has 3 N–H and O–H groups in total. The monoisotopic (exact) mass is 627 g/mol. The molecule has 0 aliphatic carbocycles. The summed E-state index contributed by atoms with van der Waals surface area (Å²) in [6.07, 6.45) is 0. The van der Waals surface area contributed by atoms with Gasteiger partial charge < -0.3 is 5.32 Å². The van der Waals surface area contributed by atoms with Gasteiger partial charge >= 0.3 is 0 Å². The highest BCUT2D eigenvalue weighted by Crippen LogP contribution is 2.24. The van der Waals surface area contributed by atoms with Gasteiger partial charge in [0.1, 0.15) is 0 Å². The van der Waals surface area contributed by atoms with E-state index in [1.165, 1.54) is 36.4 Å². The highest BCUT2D eigenvalue weighted by atomic mass is 79.9. The Morgan fingerprint density at radius 1 is 0.641 bits per heavy atom. The zero-order valence-corrected chi connectivity index (χ0v) is 24.5. The van der Waals surface area contributed by atoms with Crippen molar-refractivity contribution in [2.24, 2.45) is 0 Å². The molecule has 0 aliphatic rings. The number of amides is 1. The van der Waals surface area contributed by atoms with E-state index < -0.39 is 26.0 Å². The zero-order chi connectivity index (χ0) is 28.4. The predicted octanol–water partition coefficient (Wildman–Crippen LogP) is 6.23. The quantitative estimate of drug-likeness (QED) is 0.214. The summed E-state index contributed by atoms with van der Waals surface area (Å²) in [6, 6.07) is 22.2. The van der Waals surface area contributed by atoms with Crippen molar-refractivity contribution in [1.82, 2.24) is 0 Å². The molecule has 0 aromatic heterocycles. The predicted molar refractivity (Wildman–Crippen MR) is 157 cm³/mol. The first kappa shape index (κ1) is 28.3. The molecule has 0 saturated heterocycles. The minimum absolute atomic E-state index is 0.0181. The Labute approximate surface area is 236 Å². The van der Waals surface area contributed by atoms with Gasteiger partial charge in [-0.15, -0.1) is 0 Å². The third-order valence-corrected chi connectivity index (χ3v) is 9.18. The number of benzene rings is 4. The van der Waals surface area contributed by atoms with E-state index in [-0.39, 0.29) is 15.4 Å². The molecule has 0 aliphatic heterocycles. The maximum absolute atomic E-state index is 13.1. The van der Waals surface area contributed by atoms with Gasteiger partial charge in [-0.3, -0.25) is 14.2 Å². The average Bonchev–Trinajstić information content (AvgIpc) is 2.85. The van der Waals surface area contributed by atoms with Gasteiger partial charge in [0.25, 0.3) is 26.0 Å². The van der Waals surface area contributed by atoms with E-state index in [1.54, 1.807) is 49.4 Å². The number of hydrogen-bond acceptors (Lipinski definition) is 5. The molecule has 8 nitrogen and oxygen atoms in total. The van der Waals surface area contributed by atoms with E-state index in [2.05, 4.69) is 30.7 Å². The van der Waals surface area contributed by atoms with E-state index in [4.69, 9.17) is 0 Å². The number of halogens is 1. The fourth-order valence-electron chi connectivity index (χ4n) is 3.93. The average molecular weight is 629 g/mol. The number of carbonyl (C=O) groups is 1. The third kappa shape index (κ3) is 7.05. The summed E-state index contributed by atoms with van der Waals surface area (Å²) in [5.41, 5.74) is 3.65. The second-order valence-electron chi connectivity index (χ2n) is 9.05. The number of aryl methyl sites for hydroxylation is 3. The van der Waals surface area contributed by atoms with Crippen molar-refractivity contribution in [2.75, 3.05) is 14.8 Å². The Bertz CT molecular complexity index is 1730. The summed E-state index contributed by atoms with van der Waals surface area (Å²) in [5, 5.41) is 2.68. The topological polar surface area (TPSA) is 121 Å². The van der Waals surface area contributed by atoms with Crippen molar-refractivity contribution in [3.05, 3.63) is 112 Å². The van der Waals surface area contributed by atoms with Crippen LogP contribution >= 0.6 is 15.9 Å². The molecule has 39 heavy (non-hydrogen) atoms. The molecule has 0 atom stereocenters. The van der Waals surface area contributed by atoms with Gasteiger partial charge in [-0.1, -0.05) is 28.1 Å². The summed E-state index contributed by atoms with van der Waals surface area (Å²) in [7, 11) is -7.80. The Morgan fingerprint density at radius 2 is 1.21 bits per heavy atom. The molecule has 4 rings (SSSR count). The summed E-state index contributed by atoms with van der Waals surface area (Å²) < 4.78 is 57.6. The maximum atomic E-state index is 13.1. The standard InChI is InChI=1S/C28H26BrN3O5S2/c1-18-14-19(2)16-25(15-18)32-39(36,37)27-17-21(5-4-20(27)3)28(33)30-23-10-12-26(13-11-23)38(34,35)31-24-8-6-22(29)7-9-24/h4-17,31-32H,1-3H3,(H,30,33). The summed E-state index contributed by atoms with van der Waals surface area (Å²) in [4.78, 5) is 12.9. The third-order valence-electron chi connectivity index (χ3n) is 5.73. The van der Waals surface area contributed by atoms with Gasteiger partial charge in [-0.05, 0) is 110 Å². The van der Waals surface area contributed by atoms with Crippen LogP contribution in [-0.2, 0) is 20.0 Å². The molecule has 0 bridgehead atoms. The van der Waals surface area contributed by atoms with Crippen molar-refractivity contribution in [1.29, 1.82) is 0 Å². The number of sulfonamides is 2. The van der Waals surface area contributed by atoms with Crippen LogP contribution in [0.2, 0.25) is 0 Å². The van der Waals surface area contributed by atoms with E-state index >= 15 is 0 Å². The summed E-state index contributed by atoms with van der Waals surface area (Å²) >= 11 is 3.30. The lowest BCUT2D eigenvalue weighted by Crippen LogP contribution is -2.17. The number of anilines is 3. The normalized spacial score (nSPS) is 11.6. The maximum Gasteiger partial charge on any atom is 0.262 e.